The molecule has 1 aromatic carbocycles. The van der Waals surface area contributed by atoms with Crippen molar-refractivity contribution >= 4 is 113 Å². The van der Waals surface area contributed by atoms with Crippen LogP contribution in [0, 0.1) is 6.92 Å². The molecule has 0 aliphatic carbocycles. The number of hydrogen-bond donors (Lipinski definition) is 4. The molecule has 0 aliphatic heterocycles. The summed E-state index contributed by atoms with van der Waals surface area (Å²) in [7, 11) is 0. The summed E-state index contributed by atoms with van der Waals surface area (Å²) in [5, 5.41) is 31.4. The molecule has 4 N–H and O–H groups in total. The first kappa shape index (κ1) is 54.3. The van der Waals surface area contributed by atoms with Crippen molar-refractivity contribution in [2.75, 3.05) is 0 Å². The van der Waals surface area contributed by atoms with Crippen LogP contribution in [0.25, 0.3) is 0 Å². The fourth-order valence-corrected chi connectivity index (χ4v) is 3.27. The molecule has 229 valence electrons. The van der Waals surface area contributed by atoms with Crippen molar-refractivity contribution in [1.29, 1.82) is 0 Å². The van der Waals surface area contributed by atoms with Gasteiger partial charge < -0.3 is 20.4 Å². The van der Waals surface area contributed by atoms with E-state index in [4.69, 9.17) is 25.2 Å². The van der Waals surface area contributed by atoms with Crippen LogP contribution < -0.4 is 0 Å². The standard InChI is InChI=1S/C18H37.C7H6O2.C4H4O4.C2H4O2.3Na.3H/c1-3-5-7-9-11-13-15-17-18-16-14-12-10-8-6-4-2;8-7(9)6-4-2-1-3-5-6;5-3(6)1-2-4(7)8;1-2(3)4;;;;;;/h1,3-18H2,2H3;1-5H,(H,8,9);1-2H,(H,5,6)(H,7,8);1H3,(H,3,4);;;;;;/b;;2-1+;;;;;;;. The fraction of sp³-hybridized carbons (Fsp3) is 0.581. The maximum atomic E-state index is 10.2. The van der Waals surface area contributed by atoms with Crippen LogP contribution in [0.15, 0.2) is 42.5 Å². The van der Waals surface area contributed by atoms with Crippen molar-refractivity contribution in [3.63, 3.8) is 0 Å². The van der Waals surface area contributed by atoms with Gasteiger partial charge in [0, 0.05) is 19.1 Å². The van der Waals surface area contributed by atoms with E-state index >= 15 is 0 Å². The average Bonchev–Trinajstić information content (AvgIpc) is 2.88. The van der Waals surface area contributed by atoms with Gasteiger partial charge in [0.25, 0.3) is 5.97 Å². The van der Waals surface area contributed by atoms with Crippen molar-refractivity contribution < 1.29 is 39.6 Å². The first-order valence-corrected chi connectivity index (χ1v) is 14.0. The summed E-state index contributed by atoms with van der Waals surface area (Å²) in [5.74, 6) is -4.23. The van der Waals surface area contributed by atoms with Crippen LogP contribution in [-0.2, 0) is 14.4 Å². The van der Waals surface area contributed by atoms with Crippen LogP contribution in [0.2, 0.25) is 0 Å². The van der Waals surface area contributed by atoms with Gasteiger partial charge >= 0.3 is 107 Å². The predicted molar refractivity (Wildman–Crippen MR) is 177 cm³/mol. The molecule has 0 amide bonds. The van der Waals surface area contributed by atoms with E-state index in [9.17, 15) is 14.4 Å². The van der Waals surface area contributed by atoms with Gasteiger partial charge in [-0.05, 0) is 12.1 Å². The predicted octanol–water partition coefficient (Wildman–Crippen LogP) is 6.32. The first-order chi connectivity index (χ1) is 18.6. The molecule has 1 rings (SSSR count). The minimum absolute atomic E-state index is 0. The molecule has 0 saturated carbocycles. The Hall–Kier alpha value is -0.160. The Bertz CT molecular complexity index is 724. The molecule has 1 radical (unpaired) electrons. The molecule has 8 nitrogen and oxygen atoms in total. The first-order valence-electron chi connectivity index (χ1n) is 14.0. The van der Waals surface area contributed by atoms with E-state index in [0.29, 0.717) is 17.7 Å². The van der Waals surface area contributed by atoms with E-state index in [1.54, 1.807) is 30.3 Å². The van der Waals surface area contributed by atoms with E-state index in [1.807, 2.05) is 0 Å². The van der Waals surface area contributed by atoms with Crippen molar-refractivity contribution in [1.82, 2.24) is 0 Å². The Labute approximate surface area is 320 Å². The Balaban J connectivity index is -0.000000114. The van der Waals surface area contributed by atoms with Gasteiger partial charge in [0.05, 0.1) is 5.56 Å². The summed E-state index contributed by atoms with van der Waals surface area (Å²) in [6, 6.07) is 8.30. The topological polar surface area (TPSA) is 149 Å². The molecule has 0 saturated heterocycles. The Morgan fingerprint density at radius 2 is 0.881 bits per heavy atom. The summed E-state index contributed by atoms with van der Waals surface area (Å²) < 4.78 is 0. The van der Waals surface area contributed by atoms with Crippen LogP contribution in [0.5, 0.6) is 0 Å². The number of carboxylic acids is 4. The quantitative estimate of drug-likeness (QED) is 0.0843. The normalized spacial score (nSPS) is 9.02. The monoisotopic (exact) mass is 623 g/mol. The molecular weight excluding hydrogens is 569 g/mol. The van der Waals surface area contributed by atoms with Crippen molar-refractivity contribution in [2.24, 2.45) is 0 Å². The molecule has 1 aromatic rings. The molecule has 0 atom stereocenters. The Kier molecular flexibility index (Phi) is 58.6. The van der Waals surface area contributed by atoms with E-state index in [1.165, 1.54) is 96.3 Å². The van der Waals surface area contributed by atoms with Gasteiger partial charge in [0.2, 0.25) is 0 Å². The average molecular weight is 624 g/mol. The van der Waals surface area contributed by atoms with Gasteiger partial charge in [-0.15, -0.1) is 0 Å². The van der Waals surface area contributed by atoms with Gasteiger partial charge in [-0.1, -0.05) is 135 Å². The van der Waals surface area contributed by atoms with E-state index < -0.39 is 23.9 Å². The molecule has 42 heavy (non-hydrogen) atoms. The number of aromatic carboxylic acids is 1. The summed E-state index contributed by atoms with van der Waals surface area (Å²) in [6.45, 7) is 7.26. The maximum absolute atomic E-state index is 10.2. The second-order valence-electron chi connectivity index (χ2n) is 9.00. The number of rotatable bonds is 18. The summed E-state index contributed by atoms with van der Waals surface area (Å²) in [4.78, 5) is 38.3. The van der Waals surface area contributed by atoms with Crippen molar-refractivity contribution in [3.8, 4) is 0 Å². The molecule has 0 fully saturated rings. The van der Waals surface area contributed by atoms with Crippen LogP contribution in [0.4, 0.5) is 0 Å². The molecule has 0 unspecified atom stereocenters. The second-order valence-corrected chi connectivity index (χ2v) is 9.00. The Morgan fingerprint density at radius 3 is 1.10 bits per heavy atom. The number of hydrogen-bond acceptors (Lipinski definition) is 4. The van der Waals surface area contributed by atoms with Crippen LogP contribution in [0.1, 0.15) is 127 Å². The van der Waals surface area contributed by atoms with Crippen LogP contribution >= 0.6 is 0 Å². The SMILES string of the molecule is CC(=O)O.O=C(O)/C=C/C(=O)O.O=C(O)c1ccccc1.[CH2]CCCCCCCCCCCCCCCCC.[NaH].[NaH].[NaH]. The number of carbonyl (C=O) groups is 4. The third-order valence-corrected chi connectivity index (χ3v) is 5.24. The van der Waals surface area contributed by atoms with Gasteiger partial charge in [-0.3, -0.25) is 4.79 Å². The Morgan fingerprint density at radius 1 is 0.595 bits per heavy atom. The van der Waals surface area contributed by atoms with Crippen LogP contribution in [-0.4, -0.2) is 133 Å². The number of unbranched alkanes of at least 4 members (excludes halogenated alkanes) is 15. The van der Waals surface area contributed by atoms with Gasteiger partial charge in [-0.2, -0.15) is 0 Å². The number of benzene rings is 1. The van der Waals surface area contributed by atoms with Gasteiger partial charge in [-0.25, -0.2) is 14.4 Å². The van der Waals surface area contributed by atoms with E-state index in [0.717, 1.165) is 13.3 Å². The molecule has 0 aromatic heterocycles. The summed E-state index contributed by atoms with van der Waals surface area (Å²) >= 11 is 0. The number of carboxylic acid groups (broad SMARTS) is 4. The molecule has 0 spiro atoms. The zero-order valence-electron chi connectivity index (χ0n) is 24.0. The third-order valence-electron chi connectivity index (χ3n) is 5.24. The third kappa shape index (κ3) is 59.3. The van der Waals surface area contributed by atoms with Crippen molar-refractivity contribution in [2.45, 2.75) is 117 Å². The zero-order valence-corrected chi connectivity index (χ0v) is 24.0. The second kappa shape index (κ2) is 45.3. The molecule has 0 aliphatic rings. The molecular formula is C31H54Na3O8. The van der Waals surface area contributed by atoms with Gasteiger partial charge in [0.15, 0.2) is 0 Å². The molecule has 0 heterocycles. The van der Waals surface area contributed by atoms with Gasteiger partial charge in [0.1, 0.15) is 0 Å². The summed E-state index contributed by atoms with van der Waals surface area (Å²) in [6.07, 6.45) is 23.9. The van der Waals surface area contributed by atoms with Crippen LogP contribution in [0.3, 0.4) is 0 Å². The molecule has 11 heteroatoms. The zero-order chi connectivity index (χ0) is 30.2. The number of aliphatic carboxylic acids is 3. The fourth-order valence-electron chi connectivity index (χ4n) is 3.27. The summed E-state index contributed by atoms with van der Waals surface area (Å²) in [5.41, 5.74) is 0.331. The minimum atomic E-state index is -1.26. The molecule has 0 bridgehead atoms. The van der Waals surface area contributed by atoms with E-state index in [-0.39, 0.29) is 88.7 Å². The van der Waals surface area contributed by atoms with E-state index in [2.05, 4.69) is 13.8 Å². The van der Waals surface area contributed by atoms with Crippen molar-refractivity contribution in [3.05, 3.63) is 55.0 Å².